The Morgan fingerprint density at radius 2 is 1.90 bits per heavy atom. The maximum absolute atomic E-state index is 13.8. The van der Waals surface area contributed by atoms with Gasteiger partial charge in [0, 0.05) is 24.7 Å². The van der Waals surface area contributed by atoms with Crippen LogP contribution in [0.5, 0.6) is 0 Å². The zero-order valence-electron chi connectivity index (χ0n) is 15.0. The third-order valence-electron chi connectivity index (χ3n) is 5.07. The standard InChI is InChI=1S/C19H13F2N7O/c1-19(9-4-10(20)6-11(21)5-9)14-15(22)25-16(26-17(14)27-18(19)29)12-8-28-3-2-23-13(28)7-24-12/h2-8H,1H3,(H3,22,25,26,27,29). The number of nitrogen functional groups attached to an aromatic ring is 1. The Balaban J connectivity index is 1.68. The van der Waals surface area contributed by atoms with Gasteiger partial charge in [0.15, 0.2) is 11.5 Å². The highest BCUT2D eigenvalue weighted by molar-refractivity contribution is 6.09. The first kappa shape index (κ1) is 17.2. The molecule has 0 fully saturated rings. The number of anilines is 2. The molecule has 1 aliphatic rings. The van der Waals surface area contributed by atoms with E-state index in [2.05, 4.69) is 25.3 Å². The van der Waals surface area contributed by atoms with Crippen LogP contribution in [-0.4, -0.2) is 30.2 Å². The zero-order valence-corrected chi connectivity index (χ0v) is 15.0. The van der Waals surface area contributed by atoms with Gasteiger partial charge in [-0.1, -0.05) is 0 Å². The first-order valence-corrected chi connectivity index (χ1v) is 8.61. The molecule has 1 atom stereocenters. The maximum Gasteiger partial charge on any atom is 0.240 e. The number of fused-ring (bicyclic) bond motifs is 2. The largest absolute Gasteiger partial charge is 0.383 e. The van der Waals surface area contributed by atoms with Crippen LogP contribution < -0.4 is 11.1 Å². The van der Waals surface area contributed by atoms with Gasteiger partial charge >= 0.3 is 0 Å². The molecule has 4 aromatic rings. The van der Waals surface area contributed by atoms with Crippen molar-refractivity contribution in [1.82, 2.24) is 24.3 Å². The maximum atomic E-state index is 13.8. The summed E-state index contributed by atoms with van der Waals surface area (Å²) in [5.41, 5.74) is 6.19. The number of rotatable bonds is 2. The van der Waals surface area contributed by atoms with Crippen molar-refractivity contribution in [3.63, 3.8) is 0 Å². The zero-order chi connectivity index (χ0) is 20.3. The highest BCUT2D eigenvalue weighted by Gasteiger charge is 2.48. The van der Waals surface area contributed by atoms with Gasteiger partial charge in [-0.3, -0.25) is 4.79 Å². The molecule has 5 rings (SSSR count). The predicted octanol–water partition coefficient (Wildman–Crippen LogP) is 2.30. The van der Waals surface area contributed by atoms with Crippen molar-refractivity contribution in [3.05, 3.63) is 65.7 Å². The van der Waals surface area contributed by atoms with Gasteiger partial charge in [0.25, 0.3) is 0 Å². The van der Waals surface area contributed by atoms with E-state index in [1.165, 1.54) is 6.92 Å². The average Bonchev–Trinajstić information content (AvgIpc) is 3.23. The third-order valence-corrected chi connectivity index (χ3v) is 5.07. The van der Waals surface area contributed by atoms with Gasteiger partial charge in [-0.25, -0.2) is 28.7 Å². The minimum absolute atomic E-state index is 0.0167. The van der Waals surface area contributed by atoms with Gasteiger partial charge in [-0.05, 0) is 24.6 Å². The number of halogens is 2. The summed E-state index contributed by atoms with van der Waals surface area (Å²) in [5, 5.41) is 2.65. The van der Waals surface area contributed by atoms with Crippen molar-refractivity contribution in [3.8, 4) is 11.5 Å². The van der Waals surface area contributed by atoms with Crippen LogP contribution in [0.25, 0.3) is 17.2 Å². The van der Waals surface area contributed by atoms with Crippen LogP contribution in [-0.2, 0) is 10.2 Å². The first-order valence-electron chi connectivity index (χ1n) is 8.61. The van der Waals surface area contributed by atoms with Gasteiger partial charge in [0.05, 0.1) is 11.8 Å². The Labute approximate surface area is 162 Å². The van der Waals surface area contributed by atoms with E-state index in [0.717, 1.165) is 18.2 Å². The third kappa shape index (κ3) is 2.45. The molecule has 3 aromatic heterocycles. The Kier molecular flexibility index (Phi) is 3.42. The van der Waals surface area contributed by atoms with Crippen molar-refractivity contribution < 1.29 is 13.6 Å². The molecule has 0 spiro atoms. The Morgan fingerprint density at radius 1 is 1.14 bits per heavy atom. The van der Waals surface area contributed by atoms with Crippen LogP contribution >= 0.6 is 0 Å². The van der Waals surface area contributed by atoms with E-state index < -0.39 is 23.0 Å². The monoisotopic (exact) mass is 393 g/mol. The average molecular weight is 393 g/mol. The highest BCUT2D eigenvalue weighted by atomic mass is 19.1. The van der Waals surface area contributed by atoms with Crippen molar-refractivity contribution in [2.75, 3.05) is 11.1 Å². The van der Waals surface area contributed by atoms with E-state index in [1.54, 1.807) is 29.2 Å². The fourth-order valence-corrected chi connectivity index (χ4v) is 3.58. The number of nitrogens with zero attached hydrogens (tertiary/aromatic N) is 5. The number of aromatic nitrogens is 5. The van der Waals surface area contributed by atoms with Crippen molar-refractivity contribution in [2.45, 2.75) is 12.3 Å². The van der Waals surface area contributed by atoms with E-state index in [0.29, 0.717) is 11.3 Å². The summed E-state index contributed by atoms with van der Waals surface area (Å²) in [6.07, 6.45) is 6.61. The van der Waals surface area contributed by atoms with Crippen LogP contribution in [0.15, 0.2) is 43.0 Å². The highest BCUT2D eigenvalue weighted by Crippen LogP contribution is 2.45. The lowest BCUT2D eigenvalue weighted by Crippen LogP contribution is -2.33. The minimum atomic E-state index is -1.44. The smallest absolute Gasteiger partial charge is 0.240 e. The normalized spacial score (nSPS) is 18.1. The molecule has 0 saturated carbocycles. The summed E-state index contributed by atoms with van der Waals surface area (Å²) in [6, 6.07) is 2.93. The van der Waals surface area contributed by atoms with E-state index in [-0.39, 0.29) is 28.6 Å². The Morgan fingerprint density at radius 3 is 2.66 bits per heavy atom. The summed E-state index contributed by atoms with van der Waals surface area (Å²) in [5.74, 6) is -1.70. The predicted molar refractivity (Wildman–Crippen MR) is 99.9 cm³/mol. The molecule has 0 bridgehead atoms. The molecule has 4 heterocycles. The van der Waals surface area contributed by atoms with E-state index in [4.69, 9.17) is 5.73 Å². The number of nitrogens with two attached hydrogens (primary N) is 1. The molecule has 8 nitrogen and oxygen atoms in total. The summed E-state index contributed by atoms with van der Waals surface area (Å²) in [7, 11) is 0. The molecule has 29 heavy (non-hydrogen) atoms. The van der Waals surface area contributed by atoms with Crippen LogP contribution in [0.3, 0.4) is 0 Å². The summed E-state index contributed by atoms with van der Waals surface area (Å²) < 4.78 is 29.3. The molecule has 144 valence electrons. The van der Waals surface area contributed by atoms with Gasteiger partial charge < -0.3 is 15.5 Å². The molecule has 10 heteroatoms. The molecule has 0 saturated heterocycles. The SMILES string of the molecule is CC1(c2cc(F)cc(F)c2)C(=O)Nc2nc(-c3cn4ccnc4cn3)nc(N)c21. The molecule has 3 N–H and O–H groups in total. The Bertz CT molecular complexity index is 1300. The molecule has 1 aliphatic heterocycles. The Hall–Kier alpha value is -3.95. The fraction of sp³-hybridized carbons (Fsp3) is 0.105. The second-order valence-electron chi connectivity index (χ2n) is 6.86. The van der Waals surface area contributed by atoms with Crippen LogP contribution in [0, 0.1) is 11.6 Å². The summed E-state index contributed by atoms with van der Waals surface area (Å²) >= 11 is 0. The number of carbonyl (C=O) groups excluding carboxylic acids is 1. The molecular weight excluding hydrogens is 380 g/mol. The van der Waals surface area contributed by atoms with E-state index in [1.807, 2.05) is 0 Å². The lowest BCUT2D eigenvalue weighted by atomic mass is 9.77. The number of benzene rings is 1. The van der Waals surface area contributed by atoms with Crippen LogP contribution in [0.2, 0.25) is 0 Å². The second-order valence-corrected chi connectivity index (χ2v) is 6.86. The molecule has 1 unspecified atom stereocenters. The molecule has 0 radical (unpaired) electrons. The summed E-state index contributed by atoms with van der Waals surface area (Å²) in [4.78, 5) is 29.9. The molecule has 0 aliphatic carbocycles. The molecule has 1 amide bonds. The first-order chi connectivity index (χ1) is 13.9. The number of nitrogens with one attached hydrogen (secondary N) is 1. The quantitative estimate of drug-likeness (QED) is 0.541. The summed E-state index contributed by atoms with van der Waals surface area (Å²) in [6.45, 7) is 1.53. The number of imidazole rings is 1. The van der Waals surface area contributed by atoms with Gasteiger partial charge in [-0.15, -0.1) is 0 Å². The van der Waals surface area contributed by atoms with Gasteiger partial charge in [-0.2, -0.15) is 0 Å². The van der Waals surface area contributed by atoms with Crippen molar-refractivity contribution in [2.24, 2.45) is 0 Å². The van der Waals surface area contributed by atoms with Gasteiger partial charge in [0.1, 0.15) is 34.4 Å². The minimum Gasteiger partial charge on any atom is -0.383 e. The molecule has 1 aromatic carbocycles. The number of hydrogen-bond acceptors (Lipinski definition) is 6. The fourth-order valence-electron chi connectivity index (χ4n) is 3.58. The topological polar surface area (TPSA) is 111 Å². The van der Waals surface area contributed by atoms with Crippen molar-refractivity contribution in [1.29, 1.82) is 0 Å². The van der Waals surface area contributed by atoms with Crippen LogP contribution in [0.4, 0.5) is 20.4 Å². The number of carbonyl (C=O) groups is 1. The van der Waals surface area contributed by atoms with Crippen LogP contribution in [0.1, 0.15) is 18.1 Å². The van der Waals surface area contributed by atoms with Crippen molar-refractivity contribution >= 4 is 23.2 Å². The number of amides is 1. The number of hydrogen-bond donors (Lipinski definition) is 2. The van der Waals surface area contributed by atoms with Gasteiger partial charge in [0.2, 0.25) is 5.91 Å². The second kappa shape index (κ2) is 5.77. The lowest BCUT2D eigenvalue weighted by Gasteiger charge is -2.23. The molecular formula is C19H13F2N7O. The van der Waals surface area contributed by atoms with E-state index in [9.17, 15) is 13.6 Å². The lowest BCUT2D eigenvalue weighted by molar-refractivity contribution is -0.119. The van der Waals surface area contributed by atoms with E-state index >= 15 is 0 Å².